The van der Waals surface area contributed by atoms with Gasteiger partial charge in [0.15, 0.2) is 0 Å². The van der Waals surface area contributed by atoms with Gasteiger partial charge in [-0.05, 0) is 44.5 Å². The molecular weight excluding hydrogens is 174 g/mol. The van der Waals surface area contributed by atoms with Gasteiger partial charge in [-0.2, -0.15) is 0 Å². The zero-order valence-corrected chi connectivity index (χ0v) is 8.76. The molecule has 0 radical (unpaired) electrons. The summed E-state index contributed by atoms with van der Waals surface area (Å²) < 4.78 is 0. The summed E-state index contributed by atoms with van der Waals surface area (Å²) in [6.07, 6.45) is 0. The average molecular weight is 189 g/mol. The van der Waals surface area contributed by atoms with Crippen LogP contribution in [0.2, 0.25) is 0 Å². The fourth-order valence-electron chi connectivity index (χ4n) is 1.66. The fraction of sp³-hybridized carbons (Fsp3) is 0.333. The lowest BCUT2D eigenvalue weighted by atomic mass is 9.97. The van der Waals surface area contributed by atoms with E-state index in [1.54, 1.807) is 13.8 Å². The Morgan fingerprint density at radius 1 is 1.21 bits per heavy atom. The second-order valence-corrected chi connectivity index (χ2v) is 4.31. The molecule has 2 N–H and O–H groups in total. The molecule has 0 atom stereocenters. The highest BCUT2D eigenvalue weighted by atomic mass is 16.3. The molecule has 0 amide bonds. The first-order valence-corrected chi connectivity index (χ1v) is 4.79. The molecule has 0 saturated carbocycles. The van der Waals surface area contributed by atoms with Gasteiger partial charge >= 0.3 is 0 Å². The highest BCUT2D eigenvalue weighted by Gasteiger charge is 2.15. The molecule has 0 aliphatic carbocycles. The van der Waals surface area contributed by atoms with Crippen LogP contribution in [-0.2, 0) is 5.60 Å². The molecule has 0 saturated heterocycles. The number of benzene rings is 1. The molecule has 74 valence electrons. The third kappa shape index (κ3) is 1.53. The lowest BCUT2D eigenvalue weighted by molar-refractivity contribution is 0.0787. The molecule has 1 heterocycles. The summed E-state index contributed by atoms with van der Waals surface area (Å²) in [4.78, 5) is 3.26. The van der Waals surface area contributed by atoms with Crippen LogP contribution in [0, 0.1) is 6.92 Å². The van der Waals surface area contributed by atoms with Gasteiger partial charge in [0, 0.05) is 16.6 Å². The molecule has 0 aliphatic heterocycles. The maximum absolute atomic E-state index is 9.85. The number of nitrogens with one attached hydrogen (secondary N) is 1. The summed E-state index contributed by atoms with van der Waals surface area (Å²) in [5.74, 6) is 0. The predicted octanol–water partition coefficient (Wildman–Crippen LogP) is 2.70. The molecular formula is C12H15NO. The van der Waals surface area contributed by atoms with Crippen molar-refractivity contribution in [2.24, 2.45) is 0 Å². The highest BCUT2D eigenvalue weighted by Crippen LogP contribution is 2.24. The molecule has 0 fully saturated rings. The normalized spacial score (nSPS) is 12.3. The molecule has 1 aromatic heterocycles. The minimum absolute atomic E-state index is 0.765. The van der Waals surface area contributed by atoms with Crippen molar-refractivity contribution in [2.45, 2.75) is 26.4 Å². The molecule has 2 rings (SSSR count). The number of rotatable bonds is 1. The van der Waals surface area contributed by atoms with E-state index in [0.717, 1.165) is 22.2 Å². The Labute approximate surface area is 83.6 Å². The van der Waals surface area contributed by atoms with Crippen LogP contribution >= 0.6 is 0 Å². The topological polar surface area (TPSA) is 36.0 Å². The number of aromatic amines is 1. The summed E-state index contributed by atoms with van der Waals surface area (Å²) >= 11 is 0. The van der Waals surface area contributed by atoms with E-state index >= 15 is 0 Å². The number of aromatic nitrogens is 1. The number of aliphatic hydroxyl groups is 1. The minimum Gasteiger partial charge on any atom is -0.386 e. The smallest absolute Gasteiger partial charge is 0.0840 e. The van der Waals surface area contributed by atoms with Crippen molar-refractivity contribution in [2.75, 3.05) is 0 Å². The number of hydrogen-bond acceptors (Lipinski definition) is 1. The molecule has 2 aromatic rings. The van der Waals surface area contributed by atoms with Crippen LogP contribution in [0.15, 0.2) is 24.3 Å². The molecule has 14 heavy (non-hydrogen) atoms. The monoisotopic (exact) mass is 189 g/mol. The number of H-pyrrole nitrogens is 1. The molecule has 1 aromatic carbocycles. The van der Waals surface area contributed by atoms with Gasteiger partial charge < -0.3 is 10.1 Å². The van der Waals surface area contributed by atoms with Gasteiger partial charge in [0.2, 0.25) is 0 Å². The van der Waals surface area contributed by atoms with Crippen LogP contribution in [0.25, 0.3) is 10.9 Å². The Kier molecular flexibility index (Phi) is 1.89. The van der Waals surface area contributed by atoms with E-state index in [1.165, 1.54) is 0 Å². The summed E-state index contributed by atoms with van der Waals surface area (Å²) in [6.45, 7) is 5.63. The maximum Gasteiger partial charge on any atom is 0.0840 e. The third-order valence-electron chi connectivity index (χ3n) is 2.46. The number of hydrogen-bond donors (Lipinski definition) is 2. The Balaban J connectivity index is 2.62. The quantitative estimate of drug-likeness (QED) is 0.711. The first-order valence-electron chi connectivity index (χ1n) is 4.79. The van der Waals surface area contributed by atoms with E-state index in [1.807, 2.05) is 25.1 Å². The summed E-state index contributed by atoms with van der Waals surface area (Å²) in [5, 5.41) is 11.0. The Hall–Kier alpha value is -1.28. The van der Waals surface area contributed by atoms with Gasteiger partial charge in [0.25, 0.3) is 0 Å². The van der Waals surface area contributed by atoms with Crippen molar-refractivity contribution in [1.29, 1.82) is 0 Å². The van der Waals surface area contributed by atoms with E-state index in [0.29, 0.717) is 0 Å². The second-order valence-electron chi connectivity index (χ2n) is 4.31. The molecule has 0 unspecified atom stereocenters. The largest absolute Gasteiger partial charge is 0.386 e. The lowest BCUT2D eigenvalue weighted by Gasteiger charge is -2.17. The van der Waals surface area contributed by atoms with E-state index in [9.17, 15) is 5.11 Å². The van der Waals surface area contributed by atoms with Crippen LogP contribution in [0.4, 0.5) is 0 Å². The molecule has 0 aliphatic rings. The predicted molar refractivity (Wildman–Crippen MR) is 58.3 cm³/mol. The standard InChI is InChI=1S/C12H15NO/c1-8-6-9-7-10(12(2,3)14)4-5-11(9)13-8/h4-7,13-14H,1-3H3. The summed E-state index contributed by atoms with van der Waals surface area (Å²) in [5.41, 5.74) is 2.45. The summed E-state index contributed by atoms with van der Waals surface area (Å²) in [6, 6.07) is 8.08. The SMILES string of the molecule is Cc1cc2cc(C(C)(C)O)ccc2[nH]1. The zero-order chi connectivity index (χ0) is 10.3. The van der Waals surface area contributed by atoms with Gasteiger partial charge in [-0.15, -0.1) is 0 Å². The zero-order valence-electron chi connectivity index (χ0n) is 8.76. The molecule has 0 spiro atoms. The fourth-order valence-corrected chi connectivity index (χ4v) is 1.66. The molecule has 2 heteroatoms. The van der Waals surface area contributed by atoms with E-state index in [2.05, 4.69) is 11.1 Å². The van der Waals surface area contributed by atoms with Crippen LogP contribution < -0.4 is 0 Å². The van der Waals surface area contributed by atoms with Crippen molar-refractivity contribution in [3.63, 3.8) is 0 Å². The van der Waals surface area contributed by atoms with Crippen molar-refractivity contribution in [1.82, 2.24) is 4.98 Å². The van der Waals surface area contributed by atoms with Crippen molar-refractivity contribution in [3.8, 4) is 0 Å². The molecule has 0 bridgehead atoms. The average Bonchev–Trinajstić information content (AvgIpc) is 2.41. The van der Waals surface area contributed by atoms with E-state index in [-0.39, 0.29) is 0 Å². The van der Waals surface area contributed by atoms with Crippen molar-refractivity contribution >= 4 is 10.9 Å². The van der Waals surface area contributed by atoms with Crippen molar-refractivity contribution in [3.05, 3.63) is 35.5 Å². The van der Waals surface area contributed by atoms with Gasteiger partial charge in [0.05, 0.1) is 5.60 Å². The first kappa shape index (κ1) is 9.28. The Bertz CT molecular complexity index is 463. The first-order chi connectivity index (χ1) is 6.47. The number of fused-ring (bicyclic) bond motifs is 1. The Morgan fingerprint density at radius 3 is 2.57 bits per heavy atom. The van der Waals surface area contributed by atoms with Gasteiger partial charge in [-0.1, -0.05) is 6.07 Å². The minimum atomic E-state index is -0.765. The Morgan fingerprint density at radius 2 is 1.93 bits per heavy atom. The molecule has 2 nitrogen and oxygen atoms in total. The maximum atomic E-state index is 9.85. The summed E-state index contributed by atoms with van der Waals surface area (Å²) in [7, 11) is 0. The lowest BCUT2D eigenvalue weighted by Crippen LogP contribution is -2.14. The van der Waals surface area contributed by atoms with Gasteiger partial charge in [0.1, 0.15) is 0 Å². The van der Waals surface area contributed by atoms with Crippen molar-refractivity contribution < 1.29 is 5.11 Å². The van der Waals surface area contributed by atoms with Crippen LogP contribution in [-0.4, -0.2) is 10.1 Å². The van der Waals surface area contributed by atoms with E-state index < -0.39 is 5.60 Å². The van der Waals surface area contributed by atoms with Crippen LogP contribution in [0.3, 0.4) is 0 Å². The second kappa shape index (κ2) is 2.85. The van der Waals surface area contributed by atoms with Gasteiger partial charge in [-0.3, -0.25) is 0 Å². The third-order valence-corrected chi connectivity index (χ3v) is 2.46. The number of aryl methyl sites for hydroxylation is 1. The van der Waals surface area contributed by atoms with Crippen LogP contribution in [0.1, 0.15) is 25.1 Å². The van der Waals surface area contributed by atoms with E-state index in [4.69, 9.17) is 0 Å². The van der Waals surface area contributed by atoms with Gasteiger partial charge in [-0.25, -0.2) is 0 Å². The highest BCUT2D eigenvalue weighted by molar-refractivity contribution is 5.81. The van der Waals surface area contributed by atoms with Crippen LogP contribution in [0.5, 0.6) is 0 Å².